The summed E-state index contributed by atoms with van der Waals surface area (Å²) >= 11 is 0. The molecule has 5 heteroatoms. The molecule has 0 spiro atoms. The van der Waals surface area contributed by atoms with Crippen molar-refractivity contribution in [2.24, 2.45) is 5.11 Å². The van der Waals surface area contributed by atoms with Crippen LogP contribution in [-0.2, 0) is 9.59 Å². The Hall–Kier alpha value is -1.35. The lowest BCUT2D eigenvalue weighted by Crippen LogP contribution is -2.03. The number of rotatable bonds is 9. The van der Waals surface area contributed by atoms with Gasteiger partial charge in [-0.05, 0) is 31.2 Å². The lowest BCUT2D eigenvalue weighted by atomic mass is 10.0. The van der Waals surface area contributed by atoms with Crippen molar-refractivity contribution < 1.29 is 9.59 Å². The molecule has 0 atom stereocenters. The van der Waals surface area contributed by atoms with Gasteiger partial charge in [0.25, 0.3) is 0 Å². The standard InChI is InChI=1S/C9H15N3O2/c10-12-11-9(5-1-3-7-13)6-2-4-8-14/h7-9H,1-6H2. The van der Waals surface area contributed by atoms with Gasteiger partial charge in [-0.25, -0.2) is 0 Å². The Labute approximate surface area is 83.1 Å². The van der Waals surface area contributed by atoms with Crippen molar-refractivity contribution in [1.29, 1.82) is 0 Å². The topological polar surface area (TPSA) is 82.9 Å². The van der Waals surface area contributed by atoms with Crippen LogP contribution >= 0.6 is 0 Å². The number of hydrogen-bond acceptors (Lipinski definition) is 3. The zero-order valence-corrected chi connectivity index (χ0v) is 8.13. The monoisotopic (exact) mass is 197 g/mol. The van der Waals surface area contributed by atoms with E-state index in [0.29, 0.717) is 12.8 Å². The molecule has 0 aliphatic rings. The van der Waals surface area contributed by atoms with Crippen LogP contribution in [0.3, 0.4) is 0 Å². The first-order valence-electron chi connectivity index (χ1n) is 4.76. The highest BCUT2D eigenvalue weighted by molar-refractivity contribution is 5.49. The fourth-order valence-corrected chi connectivity index (χ4v) is 1.21. The fourth-order valence-electron chi connectivity index (χ4n) is 1.21. The molecule has 0 aliphatic carbocycles. The fraction of sp³-hybridized carbons (Fsp3) is 0.778. The van der Waals surface area contributed by atoms with E-state index in [2.05, 4.69) is 10.0 Å². The van der Waals surface area contributed by atoms with Crippen LogP contribution < -0.4 is 0 Å². The second kappa shape index (κ2) is 9.74. The molecule has 0 N–H and O–H groups in total. The largest absolute Gasteiger partial charge is 0.303 e. The summed E-state index contributed by atoms with van der Waals surface area (Å²) in [7, 11) is 0. The molecule has 78 valence electrons. The molecule has 0 aromatic carbocycles. The van der Waals surface area contributed by atoms with Crippen molar-refractivity contribution in [2.75, 3.05) is 0 Å². The summed E-state index contributed by atoms with van der Waals surface area (Å²) in [4.78, 5) is 22.9. The van der Waals surface area contributed by atoms with E-state index in [4.69, 9.17) is 5.53 Å². The maximum atomic E-state index is 10.1. The molecule has 0 unspecified atom stereocenters. The molecule has 0 saturated heterocycles. The number of nitrogens with zero attached hydrogens (tertiary/aromatic N) is 3. The third-order valence-electron chi connectivity index (χ3n) is 1.93. The van der Waals surface area contributed by atoms with E-state index in [1.807, 2.05) is 0 Å². The number of unbranched alkanes of at least 4 members (excludes halogenated alkanes) is 2. The van der Waals surface area contributed by atoms with E-state index >= 15 is 0 Å². The Bertz CT molecular complexity index is 198. The van der Waals surface area contributed by atoms with Crippen LogP contribution in [0.2, 0.25) is 0 Å². The predicted molar refractivity (Wildman–Crippen MR) is 52.8 cm³/mol. The first-order valence-corrected chi connectivity index (χ1v) is 4.76. The SMILES string of the molecule is [N-]=[N+]=NC(CCCC=O)CCCC=O. The summed E-state index contributed by atoms with van der Waals surface area (Å²) < 4.78 is 0. The Morgan fingerprint density at radius 2 is 1.64 bits per heavy atom. The summed E-state index contributed by atoms with van der Waals surface area (Å²) in [6, 6.07) is -0.0695. The van der Waals surface area contributed by atoms with Gasteiger partial charge in [-0.2, -0.15) is 0 Å². The molecule has 0 amide bonds. The van der Waals surface area contributed by atoms with Gasteiger partial charge in [0.2, 0.25) is 0 Å². The van der Waals surface area contributed by atoms with Crippen LogP contribution in [0.25, 0.3) is 10.4 Å². The third-order valence-corrected chi connectivity index (χ3v) is 1.93. The number of azide groups is 1. The highest BCUT2D eigenvalue weighted by Crippen LogP contribution is 2.11. The highest BCUT2D eigenvalue weighted by Gasteiger charge is 2.05. The molecular formula is C9H15N3O2. The lowest BCUT2D eigenvalue weighted by Gasteiger charge is -2.07. The number of aldehydes is 2. The molecule has 0 radical (unpaired) electrons. The average molecular weight is 197 g/mol. The molecule has 14 heavy (non-hydrogen) atoms. The van der Waals surface area contributed by atoms with Crippen LogP contribution in [0, 0.1) is 0 Å². The summed E-state index contributed by atoms with van der Waals surface area (Å²) in [6.07, 6.45) is 5.67. The van der Waals surface area contributed by atoms with Gasteiger partial charge >= 0.3 is 0 Å². The van der Waals surface area contributed by atoms with E-state index in [1.165, 1.54) is 0 Å². The van der Waals surface area contributed by atoms with Gasteiger partial charge < -0.3 is 9.59 Å². The van der Waals surface area contributed by atoms with Crippen LogP contribution in [0.4, 0.5) is 0 Å². The Morgan fingerprint density at radius 1 is 1.14 bits per heavy atom. The maximum Gasteiger partial charge on any atom is 0.119 e. The quantitative estimate of drug-likeness (QED) is 0.187. The second-order valence-electron chi connectivity index (χ2n) is 3.05. The molecule has 0 fully saturated rings. The van der Waals surface area contributed by atoms with Crippen molar-refractivity contribution >= 4 is 12.6 Å². The molecule has 0 heterocycles. The third kappa shape index (κ3) is 7.31. The summed E-state index contributed by atoms with van der Waals surface area (Å²) in [5.41, 5.74) is 8.27. The zero-order chi connectivity index (χ0) is 10.6. The minimum atomic E-state index is -0.0695. The molecular weight excluding hydrogens is 182 g/mol. The molecule has 0 aromatic rings. The summed E-state index contributed by atoms with van der Waals surface area (Å²) in [6.45, 7) is 0. The second-order valence-corrected chi connectivity index (χ2v) is 3.05. The van der Waals surface area contributed by atoms with Crippen LogP contribution in [0.1, 0.15) is 38.5 Å². The van der Waals surface area contributed by atoms with Crippen molar-refractivity contribution in [3.05, 3.63) is 10.4 Å². The van der Waals surface area contributed by atoms with Crippen LogP contribution in [0.15, 0.2) is 5.11 Å². The number of carbonyl (C=O) groups excluding carboxylic acids is 2. The molecule has 0 saturated carbocycles. The van der Waals surface area contributed by atoms with Gasteiger partial charge in [-0.15, -0.1) is 0 Å². The van der Waals surface area contributed by atoms with Gasteiger partial charge in [0.05, 0.1) is 0 Å². The average Bonchev–Trinajstić information content (AvgIpc) is 2.18. The highest BCUT2D eigenvalue weighted by atomic mass is 16.1. The summed E-state index contributed by atoms with van der Waals surface area (Å²) in [5, 5.41) is 3.62. The van der Waals surface area contributed by atoms with Gasteiger partial charge in [0.1, 0.15) is 12.6 Å². The van der Waals surface area contributed by atoms with Crippen molar-refractivity contribution in [3.8, 4) is 0 Å². The number of carbonyl (C=O) groups is 2. The van der Waals surface area contributed by atoms with Gasteiger partial charge in [-0.1, -0.05) is 5.11 Å². The smallest absolute Gasteiger partial charge is 0.119 e. The van der Waals surface area contributed by atoms with Gasteiger partial charge in [0, 0.05) is 23.8 Å². The maximum absolute atomic E-state index is 10.1. The minimum absolute atomic E-state index is 0.0695. The Balaban J connectivity index is 3.70. The van der Waals surface area contributed by atoms with E-state index in [9.17, 15) is 9.59 Å². The van der Waals surface area contributed by atoms with E-state index < -0.39 is 0 Å². The van der Waals surface area contributed by atoms with E-state index in [1.54, 1.807) is 0 Å². The van der Waals surface area contributed by atoms with Crippen molar-refractivity contribution in [2.45, 2.75) is 44.6 Å². The predicted octanol–water partition coefficient (Wildman–Crippen LogP) is 2.40. The van der Waals surface area contributed by atoms with E-state index in [0.717, 1.165) is 38.3 Å². The number of hydrogen-bond donors (Lipinski definition) is 0. The first-order chi connectivity index (χ1) is 6.85. The lowest BCUT2D eigenvalue weighted by molar-refractivity contribution is -0.108. The Kier molecular flexibility index (Phi) is 8.80. The molecule has 0 bridgehead atoms. The van der Waals surface area contributed by atoms with Crippen molar-refractivity contribution in [3.63, 3.8) is 0 Å². The van der Waals surface area contributed by atoms with E-state index in [-0.39, 0.29) is 6.04 Å². The minimum Gasteiger partial charge on any atom is -0.303 e. The normalized spacial score (nSPS) is 9.50. The molecule has 0 aromatic heterocycles. The zero-order valence-electron chi connectivity index (χ0n) is 8.13. The molecule has 5 nitrogen and oxygen atoms in total. The summed E-state index contributed by atoms with van der Waals surface area (Å²) in [5.74, 6) is 0. The first kappa shape index (κ1) is 12.7. The van der Waals surface area contributed by atoms with Crippen LogP contribution in [0.5, 0.6) is 0 Å². The van der Waals surface area contributed by atoms with Gasteiger partial charge in [-0.3, -0.25) is 0 Å². The van der Waals surface area contributed by atoms with Crippen molar-refractivity contribution in [1.82, 2.24) is 0 Å². The molecule has 0 aliphatic heterocycles. The van der Waals surface area contributed by atoms with Crippen LogP contribution in [-0.4, -0.2) is 18.6 Å². The Morgan fingerprint density at radius 3 is 2.00 bits per heavy atom. The molecule has 0 rings (SSSR count). The van der Waals surface area contributed by atoms with Gasteiger partial charge in [0.15, 0.2) is 0 Å².